The van der Waals surface area contributed by atoms with E-state index >= 15 is 0 Å². The number of nitrogens with zero attached hydrogens (tertiary/aromatic N) is 3. The van der Waals surface area contributed by atoms with Crippen LogP contribution in [-0.2, 0) is 3.79 Å². The second-order valence-corrected chi connectivity index (χ2v) is 6.33. The number of hydrogen-bond acceptors (Lipinski definition) is 5. The van der Waals surface area contributed by atoms with Crippen molar-refractivity contribution < 1.29 is 9.85 Å². The van der Waals surface area contributed by atoms with Crippen LogP contribution in [0, 0.1) is 20.2 Å². The standard InChI is InChI=1S/C11H12Cl3N3O4/c1-3-15(4-2)10-8(16(18)19)5-7(11(12,13)14)6-9(10)17(20)21/h5-6H,3-4H2,1-2H3. The third-order valence-corrected chi connectivity index (χ3v) is 3.52. The van der Waals surface area contributed by atoms with E-state index in [0.717, 1.165) is 12.1 Å². The van der Waals surface area contributed by atoms with Crippen LogP contribution in [0.3, 0.4) is 0 Å². The Labute approximate surface area is 135 Å². The van der Waals surface area contributed by atoms with Crippen molar-refractivity contribution in [2.45, 2.75) is 17.6 Å². The molecule has 0 N–H and O–H groups in total. The molecule has 0 aliphatic heterocycles. The maximum atomic E-state index is 11.2. The highest BCUT2D eigenvalue weighted by Gasteiger charge is 2.35. The van der Waals surface area contributed by atoms with Gasteiger partial charge in [0, 0.05) is 30.8 Å². The molecule has 21 heavy (non-hydrogen) atoms. The summed E-state index contributed by atoms with van der Waals surface area (Å²) in [6.07, 6.45) is 0. The molecule has 0 radical (unpaired) electrons. The molecule has 1 rings (SSSR count). The lowest BCUT2D eigenvalue weighted by Gasteiger charge is -2.21. The van der Waals surface area contributed by atoms with E-state index in [0.29, 0.717) is 13.1 Å². The van der Waals surface area contributed by atoms with Crippen molar-refractivity contribution in [1.29, 1.82) is 0 Å². The molecular formula is C11H12Cl3N3O4. The van der Waals surface area contributed by atoms with Crippen molar-refractivity contribution in [3.8, 4) is 0 Å². The SMILES string of the molecule is CCN(CC)c1c([N+](=O)[O-])cc(C(Cl)(Cl)Cl)cc1[N+](=O)[O-]. The number of hydrogen-bond donors (Lipinski definition) is 0. The number of halogens is 3. The lowest BCUT2D eigenvalue weighted by molar-refractivity contribution is -0.392. The summed E-state index contributed by atoms with van der Waals surface area (Å²) in [5, 5.41) is 22.5. The first kappa shape index (κ1) is 17.7. The molecule has 0 saturated heterocycles. The van der Waals surface area contributed by atoms with Gasteiger partial charge < -0.3 is 4.90 Å². The second-order valence-electron chi connectivity index (χ2n) is 4.05. The van der Waals surface area contributed by atoms with Gasteiger partial charge in [-0.1, -0.05) is 34.8 Å². The van der Waals surface area contributed by atoms with Gasteiger partial charge in [-0.05, 0) is 13.8 Å². The van der Waals surface area contributed by atoms with Crippen molar-refractivity contribution in [3.05, 3.63) is 37.9 Å². The number of rotatable bonds is 5. The maximum Gasteiger partial charge on any atom is 0.300 e. The summed E-state index contributed by atoms with van der Waals surface area (Å²) in [6, 6.07) is 2.10. The third-order valence-electron chi connectivity index (χ3n) is 2.87. The first-order chi connectivity index (χ1) is 9.63. The van der Waals surface area contributed by atoms with Crippen LogP contribution in [0.5, 0.6) is 0 Å². The monoisotopic (exact) mass is 355 g/mol. The summed E-state index contributed by atoms with van der Waals surface area (Å²) >= 11 is 17.1. The van der Waals surface area contributed by atoms with E-state index in [9.17, 15) is 20.2 Å². The van der Waals surface area contributed by atoms with Gasteiger partial charge in [-0.25, -0.2) is 0 Å². The van der Waals surface area contributed by atoms with Crippen LogP contribution in [0.1, 0.15) is 19.4 Å². The minimum absolute atomic E-state index is 0.0898. The van der Waals surface area contributed by atoms with Gasteiger partial charge >= 0.3 is 0 Å². The molecule has 0 spiro atoms. The van der Waals surface area contributed by atoms with Crippen LogP contribution in [0.15, 0.2) is 12.1 Å². The van der Waals surface area contributed by atoms with Crippen molar-refractivity contribution in [2.75, 3.05) is 18.0 Å². The van der Waals surface area contributed by atoms with Crippen molar-refractivity contribution in [1.82, 2.24) is 0 Å². The molecule has 7 nitrogen and oxygen atoms in total. The Morgan fingerprint density at radius 3 is 1.67 bits per heavy atom. The van der Waals surface area contributed by atoms with Crippen molar-refractivity contribution in [2.24, 2.45) is 0 Å². The van der Waals surface area contributed by atoms with Crippen molar-refractivity contribution >= 4 is 51.9 Å². The average molecular weight is 357 g/mol. The average Bonchev–Trinajstić information content (AvgIpc) is 2.38. The molecule has 0 fully saturated rings. The normalized spacial score (nSPS) is 11.3. The lowest BCUT2D eigenvalue weighted by Crippen LogP contribution is -2.24. The van der Waals surface area contributed by atoms with Crippen LogP contribution in [0.4, 0.5) is 17.1 Å². The van der Waals surface area contributed by atoms with Gasteiger partial charge in [0.05, 0.1) is 9.85 Å². The van der Waals surface area contributed by atoms with Crippen molar-refractivity contribution in [3.63, 3.8) is 0 Å². The highest BCUT2D eigenvalue weighted by atomic mass is 35.6. The second kappa shape index (κ2) is 6.64. The topological polar surface area (TPSA) is 89.5 Å². The molecule has 0 heterocycles. The number of nitro benzene ring substituents is 2. The Hall–Kier alpha value is -1.31. The maximum absolute atomic E-state index is 11.2. The zero-order valence-electron chi connectivity index (χ0n) is 11.2. The number of benzene rings is 1. The van der Waals surface area contributed by atoms with E-state index in [1.807, 2.05) is 0 Å². The lowest BCUT2D eigenvalue weighted by atomic mass is 10.1. The molecule has 0 saturated carbocycles. The molecule has 1 aromatic rings. The van der Waals surface area contributed by atoms with E-state index < -0.39 is 25.0 Å². The molecule has 0 bridgehead atoms. The highest BCUT2D eigenvalue weighted by Crippen LogP contribution is 2.46. The molecule has 0 amide bonds. The van der Waals surface area contributed by atoms with Crippen LogP contribution in [0.2, 0.25) is 0 Å². The summed E-state index contributed by atoms with van der Waals surface area (Å²) in [5.74, 6) is 0. The van der Waals surface area contributed by atoms with Crippen LogP contribution in [0.25, 0.3) is 0 Å². The zero-order chi connectivity index (χ0) is 16.4. The van der Waals surface area contributed by atoms with Gasteiger partial charge in [0.2, 0.25) is 3.79 Å². The Balaban J connectivity index is 3.75. The number of nitro groups is 2. The fourth-order valence-electron chi connectivity index (χ4n) is 1.91. The molecule has 0 aliphatic carbocycles. The minimum atomic E-state index is -1.99. The van der Waals surface area contributed by atoms with Gasteiger partial charge in [-0.15, -0.1) is 0 Å². The van der Waals surface area contributed by atoms with Crippen LogP contribution < -0.4 is 4.90 Å². The van der Waals surface area contributed by atoms with Crippen LogP contribution >= 0.6 is 34.8 Å². The molecule has 0 unspecified atom stereocenters. The Morgan fingerprint density at radius 1 is 1.05 bits per heavy atom. The fraction of sp³-hybridized carbons (Fsp3) is 0.455. The fourth-order valence-corrected chi connectivity index (χ4v) is 2.24. The van der Waals surface area contributed by atoms with E-state index in [4.69, 9.17) is 34.8 Å². The molecule has 0 aliphatic rings. The Kier molecular flexibility index (Phi) is 5.61. The molecule has 10 heteroatoms. The number of anilines is 1. The molecule has 0 aromatic heterocycles. The first-order valence-corrected chi connectivity index (χ1v) is 7.05. The molecular weight excluding hydrogens is 344 g/mol. The Morgan fingerprint density at radius 2 is 1.43 bits per heavy atom. The van der Waals surface area contributed by atoms with Gasteiger partial charge in [0.15, 0.2) is 5.69 Å². The van der Waals surface area contributed by atoms with E-state index in [-0.39, 0.29) is 11.3 Å². The minimum Gasteiger partial charge on any atom is -0.361 e. The highest BCUT2D eigenvalue weighted by molar-refractivity contribution is 6.66. The van der Waals surface area contributed by atoms with E-state index in [2.05, 4.69) is 0 Å². The summed E-state index contributed by atoms with van der Waals surface area (Å²) in [4.78, 5) is 22.5. The summed E-state index contributed by atoms with van der Waals surface area (Å²) in [7, 11) is 0. The summed E-state index contributed by atoms with van der Waals surface area (Å²) in [6.45, 7) is 4.20. The molecule has 116 valence electrons. The third kappa shape index (κ3) is 3.87. The van der Waals surface area contributed by atoms with E-state index in [1.165, 1.54) is 4.90 Å². The first-order valence-electron chi connectivity index (χ1n) is 5.92. The smallest absolute Gasteiger partial charge is 0.300 e. The van der Waals surface area contributed by atoms with Gasteiger partial charge in [0.25, 0.3) is 11.4 Å². The molecule has 1 aromatic carbocycles. The largest absolute Gasteiger partial charge is 0.361 e. The zero-order valence-corrected chi connectivity index (χ0v) is 13.4. The van der Waals surface area contributed by atoms with Crippen LogP contribution in [-0.4, -0.2) is 22.9 Å². The summed E-state index contributed by atoms with van der Waals surface area (Å²) < 4.78 is -1.99. The van der Waals surface area contributed by atoms with Gasteiger partial charge in [-0.2, -0.15) is 0 Å². The van der Waals surface area contributed by atoms with Gasteiger partial charge in [0.1, 0.15) is 0 Å². The summed E-state index contributed by atoms with van der Waals surface area (Å²) in [5.41, 5.74) is -1.14. The molecule has 0 atom stereocenters. The number of alkyl halides is 3. The van der Waals surface area contributed by atoms with E-state index in [1.54, 1.807) is 13.8 Å². The predicted octanol–water partition coefficient (Wildman–Crippen LogP) is 4.18. The predicted molar refractivity (Wildman–Crippen MR) is 82.5 cm³/mol. The quantitative estimate of drug-likeness (QED) is 0.448. The van der Waals surface area contributed by atoms with Gasteiger partial charge in [-0.3, -0.25) is 20.2 Å². The Bertz CT molecular complexity index is 535.